The molecule has 2 unspecified atom stereocenters. The largest absolute Gasteiger partial charge is 0.316 e. The Kier molecular flexibility index (Phi) is 3.54. The van der Waals surface area contributed by atoms with Crippen LogP contribution >= 0.6 is 0 Å². The van der Waals surface area contributed by atoms with Gasteiger partial charge in [0.2, 0.25) is 0 Å². The first-order chi connectivity index (χ1) is 7.25. The predicted molar refractivity (Wildman–Crippen MR) is 63.4 cm³/mol. The summed E-state index contributed by atoms with van der Waals surface area (Å²) in [5, 5.41) is 3.30. The first kappa shape index (κ1) is 10.8. The summed E-state index contributed by atoms with van der Waals surface area (Å²) in [5.41, 5.74) is 1.22. The van der Waals surface area contributed by atoms with Crippen molar-refractivity contribution in [2.45, 2.75) is 18.2 Å². The van der Waals surface area contributed by atoms with E-state index in [4.69, 9.17) is 0 Å². The fourth-order valence-corrected chi connectivity index (χ4v) is 3.20. The van der Waals surface area contributed by atoms with Crippen LogP contribution in [0.1, 0.15) is 12.0 Å². The highest BCUT2D eigenvalue weighted by molar-refractivity contribution is 7.85. The summed E-state index contributed by atoms with van der Waals surface area (Å²) in [5.74, 6) is 1.39. The molecular weight excluding hydrogens is 206 g/mol. The normalized spacial score (nSPS) is 22.9. The lowest BCUT2D eigenvalue weighted by atomic mass is 10.2. The van der Waals surface area contributed by atoms with Crippen molar-refractivity contribution in [2.24, 2.45) is 5.92 Å². The molecular formula is C12H17NOS. The van der Waals surface area contributed by atoms with E-state index in [1.54, 1.807) is 0 Å². The van der Waals surface area contributed by atoms with E-state index < -0.39 is 10.8 Å². The van der Waals surface area contributed by atoms with Gasteiger partial charge < -0.3 is 5.32 Å². The van der Waals surface area contributed by atoms with E-state index in [1.807, 2.05) is 31.2 Å². The minimum Gasteiger partial charge on any atom is -0.316 e. The van der Waals surface area contributed by atoms with Gasteiger partial charge in [-0.1, -0.05) is 17.7 Å². The van der Waals surface area contributed by atoms with Gasteiger partial charge in [-0.2, -0.15) is 0 Å². The molecule has 1 aliphatic rings. The smallest absolute Gasteiger partial charge is 0.0532 e. The zero-order chi connectivity index (χ0) is 10.7. The third-order valence-corrected chi connectivity index (χ3v) is 4.41. The van der Waals surface area contributed by atoms with Gasteiger partial charge in [-0.3, -0.25) is 4.21 Å². The first-order valence-corrected chi connectivity index (χ1v) is 6.73. The second-order valence-corrected chi connectivity index (χ2v) is 5.68. The van der Waals surface area contributed by atoms with Gasteiger partial charge in [0.1, 0.15) is 0 Å². The summed E-state index contributed by atoms with van der Waals surface area (Å²) in [6.07, 6.45) is 1.16. The van der Waals surface area contributed by atoms with Crippen molar-refractivity contribution in [3.05, 3.63) is 29.8 Å². The Labute approximate surface area is 93.5 Å². The predicted octanol–water partition coefficient (Wildman–Crippen LogP) is 1.71. The number of hydrogen-bond donors (Lipinski definition) is 1. The Bertz CT molecular complexity index is 341. The molecule has 1 aliphatic heterocycles. The Hall–Kier alpha value is -0.670. The molecule has 2 rings (SSSR count). The Morgan fingerprint density at radius 2 is 2.13 bits per heavy atom. The minimum atomic E-state index is -0.822. The van der Waals surface area contributed by atoms with Crippen molar-refractivity contribution < 1.29 is 4.21 Å². The van der Waals surface area contributed by atoms with E-state index in [0.717, 1.165) is 30.2 Å². The van der Waals surface area contributed by atoms with Gasteiger partial charge in [0.15, 0.2) is 0 Å². The lowest BCUT2D eigenvalue weighted by Gasteiger charge is -2.07. The summed E-state index contributed by atoms with van der Waals surface area (Å²) < 4.78 is 12.0. The number of hydrogen-bond acceptors (Lipinski definition) is 2. The van der Waals surface area contributed by atoms with Crippen molar-refractivity contribution in [3.63, 3.8) is 0 Å². The van der Waals surface area contributed by atoms with Crippen LogP contribution in [0.5, 0.6) is 0 Å². The molecule has 0 saturated carbocycles. The van der Waals surface area contributed by atoms with Crippen LogP contribution in [0.15, 0.2) is 29.2 Å². The summed E-state index contributed by atoms with van der Waals surface area (Å²) >= 11 is 0. The summed E-state index contributed by atoms with van der Waals surface area (Å²) in [7, 11) is -0.822. The highest BCUT2D eigenvalue weighted by Gasteiger charge is 2.17. The van der Waals surface area contributed by atoms with Crippen molar-refractivity contribution in [1.82, 2.24) is 5.32 Å². The van der Waals surface area contributed by atoms with Crippen LogP contribution in [-0.2, 0) is 10.8 Å². The Morgan fingerprint density at radius 3 is 2.73 bits per heavy atom. The zero-order valence-electron chi connectivity index (χ0n) is 9.03. The summed E-state index contributed by atoms with van der Waals surface area (Å²) in [6, 6.07) is 8.02. The molecule has 1 saturated heterocycles. The molecule has 2 atom stereocenters. The maximum absolute atomic E-state index is 12.0. The molecule has 0 radical (unpaired) electrons. The monoisotopic (exact) mass is 223 g/mol. The molecule has 15 heavy (non-hydrogen) atoms. The van der Waals surface area contributed by atoms with Crippen LogP contribution in [0, 0.1) is 12.8 Å². The average molecular weight is 223 g/mol. The van der Waals surface area contributed by atoms with Crippen LogP contribution in [-0.4, -0.2) is 23.1 Å². The zero-order valence-corrected chi connectivity index (χ0v) is 9.85. The van der Waals surface area contributed by atoms with E-state index in [-0.39, 0.29) is 0 Å². The quantitative estimate of drug-likeness (QED) is 0.845. The van der Waals surface area contributed by atoms with Gasteiger partial charge in [-0.15, -0.1) is 0 Å². The molecule has 1 heterocycles. The molecule has 3 heteroatoms. The van der Waals surface area contributed by atoms with Crippen molar-refractivity contribution in [3.8, 4) is 0 Å². The van der Waals surface area contributed by atoms with Gasteiger partial charge in [0.05, 0.1) is 10.8 Å². The molecule has 1 N–H and O–H groups in total. The van der Waals surface area contributed by atoms with E-state index in [1.165, 1.54) is 5.56 Å². The second-order valence-electron chi connectivity index (χ2n) is 4.18. The van der Waals surface area contributed by atoms with Crippen LogP contribution < -0.4 is 5.32 Å². The fourth-order valence-electron chi connectivity index (χ4n) is 1.86. The summed E-state index contributed by atoms with van der Waals surface area (Å²) in [6.45, 7) is 4.15. The van der Waals surface area contributed by atoms with Gasteiger partial charge in [-0.25, -0.2) is 0 Å². The van der Waals surface area contributed by atoms with Gasteiger partial charge in [-0.05, 0) is 44.5 Å². The molecule has 82 valence electrons. The SMILES string of the molecule is Cc1ccc(S(=O)CC2CCNC2)cc1. The van der Waals surface area contributed by atoms with Crippen molar-refractivity contribution >= 4 is 10.8 Å². The van der Waals surface area contributed by atoms with Crippen molar-refractivity contribution in [2.75, 3.05) is 18.8 Å². The van der Waals surface area contributed by atoms with Gasteiger partial charge >= 0.3 is 0 Å². The molecule has 1 aromatic carbocycles. The molecule has 0 bridgehead atoms. The van der Waals surface area contributed by atoms with E-state index in [0.29, 0.717) is 5.92 Å². The molecule has 0 aromatic heterocycles. The maximum Gasteiger partial charge on any atom is 0.0532 e. The first-order valence-electron chi connectivity index (χ1n) is 5.41. The Morgan fingerprint density at radius 1 is 1.40 bits per heavy atom. The lowest BCUT2D eigenvalue weighted by Crippen LogP contribution is -2.15. The topological polar surface area (TPSA) is 29.1 Å². The molecule has 1 aromatic rings. The standard InChI is InChI=1S/C12H17NOS/c1-10-2-4-12(5-3-10)15(14)9-11-6-7-13-8-11/h2-5,11,13H,6-9H2,1H3. The van der Waals surface area contributed by atoms with Gasteiger partial charge in [0, 0.05) is 10.6 Å². The Balaban J connectivity index is 1.98. The third-order valence-electron chi connectivity index (χ3n) is 2.83. The highest BCUT2D eigenvalue weighted by atomic mass is 32.2. The van der Waals surface area contributed by atoms with Crippen LogP contribution in [0.25, 0.3) is 0 Å². The summed E-state index contributed by atoms with van der Waals surface area (Å²) in [4.78, 5) is 0.965. The van der Waals surface area contributed by atoms with E-state index >= 15 is 0 Å². The van der Waals surface area contributed by atoms with Crippen LogP contribution in [0.3, 0.4) is 0 Å². The van der Waals surface area contributed by atoms with E-state index in [9.17, 15) is 4.21 Å². The molecule has 0 aliphatic carbocycles. The van der Waals surface area contributed by atoms with Crippen LogP contribution in [0.2, 0.25) is 0 Å². The fraction of sp³-hybridized carbons (Fsp3) is 0.500. The van der Waals surface area contributed by atoms with Gasteiger partial charge in [0.25, 0.3) is 0 Å². The molecule has 2 nitrogen and oxygen atoms in total. The molecule has 0 spiro atoms. The molecule has 0 amide bonds. The minimum absolute atomic E-state index is 0.590. The van der Waals surface area contributed by atoms with Crippen molar-refractivity contribution in [1.29, 1.82) is 0 Å². The molecule has 1 fully saturated rings. The number of nitrogens with one attached hydrogen (secondary N) is 1. The highest BCUT2D eigenvalue weighted by Crippen LogP contribution is 2.15. The number of aryl methyl sites for hydroxylation is 1. The van der Waals surface area contributed by atoms with E-state index in [2.05, 4.69) is 5.32 Å². The number of benzene rings is 1. The van der Waals surface area contributed by atoms with Crippen LogP contribution in [0.4, 0.5) is 0 Å². The third kappa shape index (κ3) is 2.89. The maximum atomic E-state index is 12.0. The second kappa shape index (κ2) is 4.90. The average Bonchev–Trinajstić information content (AvgIpc) is 2.71. The lowest BCUT2D eigenvalue weighted by molar-refractivity contribution is 0.633. The number of rotatable bonds is 3.